The Morgan fingerprint density at radius 2 is 2.11 bits per heavy atom. The van der Waals surface area contributed by atoms with Gasteiger partial charge in [-0.05, 0) is 31.2 Å². The Labute approximate surface area is 158 Å². The van der Waals surface area contributed by atoms with E-state index in [-0.39, 0.29) is 17.1 Å². The van der Waals surface area contributed by atoms with Crippen LogP contribution in [0.3, 0.4) is 0 Å². The summed E-state index contributed by atoms with van der Waals surface area (Å²) in [5.41, 5.74) is 6.93. The molecule has 3 aromatic rings. The van der Waals surface area contributed by atoms with Crippen LogP contribution in [0.2, 0.25) is 0 Å². The topological polar surface area (TPSA) is 93.0 Å². The minimum Gasteiger partial charge on any atom is -0.507 e. The highest BCUT2D eigenvalue weighted by Gasteiger charge is 2.13. The van der Waals surface area contributed by atoms with Crippen LogP contribution in [-0.4, -0.2) is 28.4 Å². The fraction of sp³-hybridized carbons (Fsp3) is 0.105. The maximum absolute atomic E-state index is 13.9. The molecule has 1 aromatic heterocycles. The summed E-state index contributed by atoms with van der Waals surface area (Å²) in [6.45, 7) is 2.45. The molecule has 0 fully saturated rings. The summed E-state index contributed by atoms with van der Waals surface area (Å²) < 4.78 is 15.4. The van der Waals surface area contributed by atoms with Gasteiger partial charge in [0.1, 0.15) is 11.6 Å². The largest absolute Gasteiger partial charge is 0.507 e. The molecule has 0 aliphatic carbocycles. The Morgan fingerprint density at radius 1 is 1.33 bits per heavy atom. The van der Waals surface area contributed by atoms with Crippen molar-refractivity contribution in [3.05, 3.63) is 69.6 Å². The third-order valence-corrected chi connectivity index (χ3v) is 4.61. The van der Waals surface area contributed by atoms with E-state index in [1.54, 1.807) is 28.9 Å². The Morgan fingerprint density at radius 3 is 2.81 bits per heavy atom. The number of aromatic hydroxyl groups is 1. The average Bonchev–Trinajstić information content (AvgIpc) is 3.04. The van der Waals surface area contributed by atoms with E-state index < -0.39 is 5.91 Å². The van der Waals surface area contributed by atoms with Crippen LogP contribution in [0.5, 0.6) is 5.75 Å². The first-order valence-electron chi connectivity index (χ1n) is 8.14. The van der Waals surface area contributed by atoms with Crippen molar-refractivity contribution in [3.63, 3.8) is 0 Å². The number of phenols is 1. The molecule has 2 aromatic carbocycles. The number of halogens is 1. The van der Waals surface area contributed by atoms with Gasteiger partial charge in [-0.1, -0.05) is 18.2 Å². The van der Waals surface area contributed by atoms with Crippen LogP contribution in [0.15, 0.2) is 57.9 Å². The van der Waals surface area contributed by atoms with Gasteiger partial charge in [0.25, 0.3) is 5.91 Å². The van der Waals surface area contributed by atoms with Crippen LogP contribution < -0.4 is 10.5 Å². The first kappa shape index (κ1) is 18.5. The van der Waals surface area contributed by atoms with Crippen molar-refractivity contribution in [3.8, 4) is 17.0 Å². The summed E-state index contributed by atoms with van der Waals surface area (Å²) in [5.74, 6) is -1.31. The van der Waals surface area contributed by atoms with E-state index >= 15 is 0 Å². The maximum Gasteiger partial charge on any atom is 0.252 e. The molecule has 1 heterocycles. The van der Waals surface area contributed by atoms with Gasteiger partial charge in [0.2, 0.25) is 4.80 Å². The fourth-order valence-electron chi connectivity index (χ4n) is 2.45. The molecule has 0 spiro atoms. The lowest BCUT2D eigenvalue weighted by atomic mass is 10.1. The molecule has 1 amide bonds. The van der Waals surface area contributed by atoms with Crippen molar-refractivity contribution in [2.75, 3.05) is 6.54 Å². The van der Waals surface area contributed by atoms with Crippen molar-refractivity contribution >= 4 is 23.5 Å². The summed E-state index contributed by atoms with van der Waals surface area (Å²) in [7, 11) is 0. The second-order valence-electron chi connectivity index (χ2n) is 5.55. The van der Waals surface area contributed by atoms with Crippen LogP contribution in [0.1, 0.15) is 22.8 Å². The Balaban J connectivity index is 2.13. The number of carbonyl (C=O) groups is 1. The third kappa shape index (κ3) is 3.95. The van der Waals surface area contributed by atoms with Crippen molar-refractivity contribution in [1.29, 1.82) is 0 Å². The molecule has 0 unspecified atom stereocenters. The summed E-state index contributed by atoms with van der Waals surface area (Å²) in [6, 6.07) is 10.8. The molecule has 3 rings (SSSR count). The van der Waals surface area contributed by atoms with E-state index in [2.05, 4.69) is 10.1 Å². The number of thiazole rings is 1. The van der Waals surface area contributed by atoms with Gasteiger partial charge in [0.05, 0.1) is 17.5 Å². The molecule has 0 saturated carbocycles. The van der Waals surface area contributed by atoms with E-state index in [0.29, 0.717) is 28.2 Å². The molecule has 0 aliphatic heterocycles. The first-order chi connectivity index (χ1) is 13.0. The number of nitrogens with two attached hydrogens (primary N) is 1. The second kappa shape index (κ2) is 7.96. The first-order valence-corrected chi connectivity index (χ1v) is 9.02. The SMILES string of the molecule is CCN=c1scc(-c2ccc(O)c(C(N)=O)c2)n1/N=C\c1ccccc1F. The van der Waals surface area contributed by atoms with E-state index in [1.165, 1.54) is 35.8 Å². The lowest BCUT2D eigenvalue weighted by Gasteiger charge is -2.06. The predicted molar refractivity (Wildman–Crippen MR) is 103 cm³/mol. The monoisotopic (exact) mass is 384 g/mol. The normalized spacial score (nSPS) is 12.0. The molecule has 0 aliphatic rings. The third-order valence-electron chi connectivity index (χ3n) is 3.75. The fourth-order valence-corrected chi connectivity index (χ4v) is 3.35. The van der Waals surface area contributed by atoms with E-state index in [0.717, 1.165) is 0 Å². The van der Waals surface area contributed by atoms with Gasteiger partial charge in [0, 0.05) is 23.1 Å². The maximum atomic E-state index is 13.9. The van der Waals surface area contributed by atoms with E-state index in [9.17, 15) is 14.3 Å². The van der Waals surface area contributed by atoms with Crippen LogP contribution >= 0.6 is 11.3 Å². The summed E-state index contributed by atoms with van der Waals surface area (Å²) >= 11 is 1.36. The smallest absolute Gasteiger partial charge is 0.252 e. The summed E-state index contributed by atoms with van der Waals surface area (Å²) in [6.07, 6.45) is 1.41. The molecular weight excluding hydrogens is 367 g/mol. The number of nitrogens with zero attached hydrogens (tertiary/aromatic N) is 3. The highest BCUT2D eigenvalue weighted by molar-refractivity contribution is 7.07. The van der Waals surface area contributed by atoms with E-state index in [1.807, 2.05) is 12.3 Å². The van der Waals surface area contributed by atoms with Gasteiger partial charge >= 0.3 is 0 Å². The number of amides is 1. The van der Waals surface area contributed by atoms with Crippen LogP contribution in [0.25, 0.3) is 11.3 Å². The molecule has 27 heavy (non-hydrogen) atoms. The van der Waals surface area contributed by atoms with Gasteiger partial charge < -0.3 is 10.8 Å². The molecule has 3 N–H and O–H groups in total. The van der Waals surface area contributed by atoms with Gasteiger partial charge in [0.15, 0.2) is 0 Å². The Hall–Kier alpha value is -3.26. The molecule has 138 valence electrons. The molecular formula is C19H17FN4O2S. The standard InChI is InChI=1S/C19H17FN4O2S/c1-2-22-19-24(23-10-13-5-3-4-6-15(13)20)16(11-27-19)12-7-8-17(25)14(9-12)18(21)26/h3-11,25H,2H2,1H3,(H2,21,26)/b22-19?,23-10-. The zero-order valence-electron chi connectivity index (χ0n) is 14.5. The number of aromatic nitrogens is 1. The quantitative estimate of drug-likeness (QED) is 0.662. The Bertz CT molecular complexity index is 1090. The molecule has 6 nitrogen and oxygen atoms in total. The van der Waals surface area contributed by atoms with Gasteiger partial charge in [-0.25, -0.2) is 9.07 Å². The van der Waals surface area contributed by atoms with Gasteiger partial charge in [-0.3, -0.25) is 9.79 Å². The summed E-state index contributed by atoms with van der Waals surface area (Å²) in [5, 5.41) is 16.0. The lowest BCUT2D eigenvalue weighted by molar-refractivity contribution is 0.0998. The van der Waals surface area contributed by atoms with Crippen molar-refractivity contribution in [1.82, 2.24) is 4.68 Å². The number of carbonyl (C=O) groups excluding carboxylic acids is 1. The highest BCUT2D eigenvalue weighted by atomic mass is 32.1. The van der Waals surface area contributed by atoms with Crippen LogP contribution in [0, 0.1) is 5.82 Å². The number of hydrogen-bond acceptors (Lipinski definition) is 5. The van der Waals surface area contributed by atoms with E-state index in [4.69, 9.17) is 5.73 Å². The van der Waals surface area contributed by atoms with Gasteiger partial charge in [-0.2, -0.15) is 5.10 Å². The predicted octanol–water partition coefficient (Wildman–Crippen LogP) is 2.96. The van der Waals surface area contributed by atoms with Crippen molar-refractivity contribution in [2.45, 2.75) is 6.92 Å². The lowest BCUT2D eigenvalue weighted by Crippen LogP contribution is -2.13. The molecule has 0 radical (unpaired) electrons. The minimum absolute atomic E-state index is 0.0114. The molecule has 0 atom stereocenters. The van der Waals surface area contributed by atoms with Crippen LogP contribution in [-0.2, 0) is 0 Å². The number of primary amides is 1. The minimum atomic E-state index is -0.732. The average molecular weight is 384 g/mol. The van der Waals surface area contributed by atoms with Crippen LogP contribution in [0.4, 0.5) is 4.39 Å². The number of hydrogen-bond donors (Lipinski definition) is 2. The molecule has 8 heteroatoms. The number of rotatable bonds is 5. The summed E-state index contributed by atoms with van der Waals surface area (Å²) in [4.78, 5) is 16.5. The highest BCUT2D eigenvalue weighted by Crippen LogP contribution is 2.26. The number of benzene rings is 2. The molecule has 0 saturated heterocycles. The van der Waals surface area contributed by atoms with Crippen molar-refractivity contribution in [2.24, 2.45) is 15.8 Å². The van der Waals surface area contributed by atoms with Gasteiger partial charge in [-0.15, -0.1) is 11.3 Å². The molecule has 0 bridgehead atoms. The Kier molecular flexibility index (Phi) is 5.46. The zero-order chi connectivity index (χ0) is 19.4. The van der Waals surface area contributed by atoms with Crippen molar-refractivity contribution < 1.29 is 14.3 Å². The zero-order valence-corrected chi connectivity index (χ0v) is 15.3. The second-order valence-corrected chi connectivity index (χ2v) is 6.39.